The van der Waals surface area contributed by atoms with Crippen LogP contribution in [0.5, 0.6) is 5.75 Å². The van der Waals surface area contributed by atoms with Crippen LogP contribution in [-0.2, 0) is 11.3 Å². The van der Waals surface area contributed by atoms with Crippen LogP contribution in [0.4, 0.5) is 14.5 Å². The number of hydrogen-bond acceptors (Lipinski definition) is 6. The van der Waals surface area contributed by atoms with Gasteiger partial charge in [0, 0.05) is 5.02 Å². The van der Waals surface area contributed by atoms with E-state index < -0.39 is 12.5 Å². The van der Waals surface area contributed by atoms with Crippen LogP contribution in [0.3, 0.4) is 0 Å². The normalized spacial score (nSPS) is 11.2. The van der Waals surface area contributed by atoms with Gasteiger partial charge in [-0.1, -0.05) is 35.5 Å². The summed E-state index contributed by atoms with van der Waals surface area (Å²) in [5, 5.41) is 3.61. The topological polar surface area (TPSA) is 86.4 Å². The maximum Gasteiger partial charge on any atom is 0.387 e. The van der Waals surface area contributed by atoms with Crippen molar-refractivity contribution in [3.63, 3.8) is 0 Å². The first-order valence-electron chi connectivity index (χ1n) is 9.59. The van der Waals surface area contributed by atoms with Crippen LogP contribution < -0.4 is 15.6 Å². The summed E-state index contributed by atoms with van der Waals surface area (Å²) in [5.74, 6) is -0.245. The standard InChI is InChI=1S/C22H16ClF2N3O4S/c23-13-7-8-15-17(10-13)27-22(28(20(15)30)11-14-4-3-9-31-14)33-12-19(29)26-16-5-1-2-6-18(16)32-21(24)25/h1-10,21H,11-12H2,(H,26,29). The zero-order valence-corrected chi connectivity index (χ0v) is 18.4. The summed E-state index contributed by atoms with van der Waals surface area (Å²) >= 11 is 7.06. The highest BCUT2D eigenvalue weighted by molar-refractivity contribution is 7.99. The van der Waals surface area contributed by atoms with E-state index in [9.17, 15) is 18.4 Å². The van der Waals surface area contributed by atoms with E-state index in [0.29, 0.717) is 21.7 Å². The molecule has 0 aliphatic carbocycles. The molecule has 0 aliphatic heterocycles. The van der Waals surface area contributed by atoms with Crippen molar-refractivity contribution in [1.29, 1.82) is 0 Å². The molecule has 4 rings (SSSR count). The van der Waals surface area contributed by atoms with Crippen molar-refractivity contribution >= 4 is 45.9 Å². The fraction of sp³-hybridized carbons (Fsp3) is 0.136. The van der Waals surface area contributed by atoms with Gasteiger partial charge in [0.2, 0.25) is 5.91 Å². The van der Waals surface area contributed by atoms with Crippen molar-refractivity contribution in [1.82, 2.24) is 9.55 Å². The summed E-state index contributed by atoms with van der Waals surface area (Å²) in [6.45, 7) is -2.91. The number of nitrogens with one attached hydrogen (secondary N) is 1. The molecule has 0 atom stereocenters. The molecule has 4 aromatic rings. The number of thioether (sulfide) groups is 1. The summed E-state index contributed by atoms with van der Waals surface area (Å²) in [6, 6.07) is 14.0. The van der Waals surface area contributed by atoms with Crippen molar-refractivity contribution in [3.8, 4) is 5.75 Å². The minimum atomic E-state index is -3.03. The molecule has 0 spiro atoms. The molecule has 2 aromatic heterocycles. The van der Waals surface area contributed by atoms with E-state index in [2.05, 4.69) is 15.0 Å². The zero-order chi connectivity index (χ0) is 23.4. The number of carbonyl (C=O) groups is 1. The van der Waals surface area contributed by atoms with Crippen LogP contribution in [0.1, 0.15) is 5.76 Å². The summed E-state index contributed by atoms with van der Waals surface area (Å²) in [4.78, 5) is 30.1. The molecule has 0 saturated heterocycles. The maximum atomic E-state index is 13.1. The van der Waals surface area contributed by atoms with E-state index in [1.165, 1.54) is 29.0 Å². The number of aromatic nitrogens is 2. The second-order valence-electron chi connectivity index (χ2n) is 6.74. The number of amides is 1. The van der Waals surface area contributed by atoms with Crippen LogP contribution in [0.15, 0.2) is 75.2 Å². The first-order chi connectivity index (χ1) is 15.9. The molecule has 0 aliphatic rings. The molecule has 1 N–H and O–H groups in total. The Balaban J connectivity index is 1.59. The van der Waals surface area contributed by atoms with Gasteiger partial charge in [0.25, 0.3) is 5.56 Å². The first kappa shape index (κ1) is 22.8. The number of benzene rings is 2. The summed E-state index contributed by atoms with van der Waals surface area (Å²) in [5.41, 5.74) is 0.183. The first-order valence-corrected chi connectivity index (χ1v) is 11.0. The average Bonchev–Trinajstić information content (AvgIpc) is 3.28. The minimum absolute atomic E-state index is 0.106. The molecule has 0 fully saturated rings. The van der Waals surface area contributed by atoms with Crippen LogP contribution in [0.2, 0.25) is 5.02 Å². The molecular weight excluding hydrogens is 476 g/mol. The highest BCUT2D eigenvalue weighted by Crippen LogP contribution is 2.26. The van der Waals surface area contributed by atoms with Crippen molar-refractivity contribution in [2.24, 2.45) is 0 Å². The van der Waals surface area contributed by atoms with Crippen LogP contribution in [-0.4, -0.2) is 27.8 Å². The number of halogens is 3. The third-order valence-electron chi connectivity index (χ3n) is 4.49. The third-order valence-corrected chi connectivity index (χ3v) is 5.70. The summed E-state index contributed by atoms with van der Waals surface area (Å²) in [6.07, 6.45) is 1.49. The molecule has 2 aromatic carbocycles. The fourth-order valence-corrected chi connectivity index (χ4v) is 4.03. The quantitative estimate of drug-likeness (QED) is 0.275. The van der Waals surface area contributed by atoms with Crippen molar-refractivity contribution in [3.05, 3.63) is 82.0 Å². The number of hydrogen-bond donors (Lipinski definition) is 1. The minimum Gasteiger partial charge on any atom is -0.467 e. The van der Waals surface area contributed by atoms with E-state index in [1.54, 1.807) is 36.4 Å². The number of rotatable bonds is 8. The molecule has 0 radical (unpaired) electrons. The number of para-hydroxylation sites is 2. The Hall–Kier alpha value is -3.37. The lowest BCUT2D eigenvalue weighted by Crippen LogP contribution is -2.24. The second kappa shape index (κ2) is 10.1. The Morgan fingerprint density at radius 3 is 2.79 bits per heavy atom. The van der Waals surface area contributed by atoms with Crippen molar-refractivity contribution in [2.45, 2.75) is 18.3 Å². The molecule has 0 unspecified atom stereocenters. The molecule has 2 heterocycles. The predicted octanol–water partition coefficient (Wildman–Crippen LogP) is 5.02. The lowest BCUT2D eigenvalue weighted by atomic mass is 10.2. The van der Waals surface area contributed by atoms with Gasteiger partial charge in [-0.25, -0.2) is 4.98 Å². The maximum absolute atomic E-state index is 13.1. The predicted molar refractivity (Wildman–Crippen MR) is 121 cm³/mol. The number of ether oxygens (including phenoxy) is 1. The smallest absolute Gasteiger partial charge is 0.387 e. The zero-order valence-electron chi connectivity index (χ0n) is 16.8. The third kappa shape index (κ3) is 5.52. The Labute approximate surface area is 195 Å². The van der Waals surface area contributed by atoms with Crippen LogP contribution >= 0.6 is 23.4 Å². The largest absolute Gasteiger partial charge is 0.467 e. The lowest BCUT2D eigenvalue weighted by Gasteiger charge is -2.13. The Morgan fingerprint density at radius 1 is 1.21 bits per heavy atom. The van der Waals surface area contributed by atoms with Gasteiger partial charge in [0.15, 0.2) is 5.16 Å². The monoisotopic (exact) mass is 491 g/mol. The molecule has 0 saturated carbocycles. The van der Waals surface area contributed by atoms with Crippen molar-refractivity contribution < 1.29 is 22.7 Å². The Bertz CT molecular complexity index is 1350. The van der Waals surface area contributed by atoms with Gasteiger partial charge >= 0.3 is 6.61 Å². The molecule has 170 valence electrons. The Kier molecular flexibility index (Phi) is 6.95. The number of anilines is 1. The van der Waals surface area contributed by atoms with E-state index in [0.717, 1.165) is 11.8 Å². The van der Waals surface area contributed by atoms with Gasteiger partial charge in [0.05, 0.1) is 35.2 Å². The number of nitrogens with zero attached hydrogens (tertiary/aromatic N) is 2. The number of furan rings is 1. The molecule has 0 bridgehead atoms. The van der Waals surface area contributed by atoms with E-state index in [4.69, 9.17) is 16.0 Å². The van der Waals surface area contributed by atoms with Crippen LogP contribution in [0.25, 0.3) is 10.9 Å². The number of carbonyl (C=O) groups excluding carboxylic acids is 1. The fourth-order valence-electron chi connectivity index (χ4n) is 3.07. The average molecular weight is 492 g/mol. The second-order valence-corrected chi connectivity index (χ2v) is 8.12. The van der Waals surface area contributed by atoms with Gasteiger partial charge in [-0.3, -0.25) is 14.2 Å². The number of fused-ring (bicyclic) bond motifs is 1. The SMILES string of the molecule is O=C(CSc1nc2cc(Cl)ccc2c(=O)n1Cc1ccco1)Nc1ccccc1OC(F)F. The van der Waals surface area contributed by atoms with Gasteiger partial charge in [-0.15, -0.1) is 0 Å². The highest BCUT2D eigenvalue weighted by atomic mass is 35.5. The van der Waals surface area contributed by atoms with Gasteiger partial charge in [-0.05, 0) is 42.5 Å². The van der Waals surface area contributed by atoms with E-state index in [1.807, 2.05) is 0 Å². The summed E-state index contributed by atoms with van der Waals surface area (Å²) in [7, 11) is 0. The van der Waals surface area contributed by atoms with Gasteiger partial charge in [0.1, 0.15) is 11.5 Å². The lowest BCUT2D eigenvalue weighted by molar-refractivity contribution is -0.113. The van der Waals surface area contributed by atoms with E-state index in [-0.39, 0.29) is 34.5 Å². The molecule has 33 heavy (non-hydrogen) atoms. The van der Waals surface area contributed by atoms with Crippen LogP contribution in [0, 0.1) is 0 Å². The van der Waals surface area contributed by atoms with Gasteiger partial charge in [-0.2, -0.15) is 8.78 Å². The highest BCUT2D eigenvalue weighted by Gasteiger charge is 2.16. The number of alkyl halides is 2. The summed E-state index contributed by atoms with van der Waals surface area (Å²) < 4.78 is 36.4. The Morgan fingerprint density at radius 2 is 2.03 bits per heavy atom. The molecular formula is C22H16ClF2N3O4S. The molecule has 7 nitrogen and oxygen atoms in total. The molecule has 1 amide bonds. The van der Waals surface area contributed by atoms with E-state index >= 15 is 0 Å². The molecule has 11 heteroatoms. The van der Waals surface area contributed by atoms with Gasteiger partial charge < -0.3 is 14.5 Å². The van der Waals surface area contributed by atoms with Crippen molar-refractivity contribution in [2.75, 3.05) is 11.1 Å².